The van der Waals surface area contributed by atoms with Gasteiger partial charge in [-0.3, -0.25) is 4.90 Å². The Morgan fingerprint density at radius 2 is 2.20 bits per heavy atom. The van der Waals surface area contributed by atoms with Crippen molar-refractivity contribution < 1.29 is 0 Å². The second-order valence-corrected chi connectivity index (χ2v) is 4.82. The Morgan fingerprint density at radius 3 is 2.73 bits per heavy atom. The van der Waals surface area contributed by atoms with Gasteiger partial charge < -0.3 is 10.6 Å². The van der Waals surface area contributed by atoms with E-state index in [1.165, 1.54) is 38.9 Å². The van der Waals surface area contributed by atoms with Crippen LogP contribution in [-0.2, 0) is 0 Å². The smallest absolute Gasteiger partial charge is 0.0109 e. The predicted molar refractivity (Wildman–Crippen MR) is 66.3 cm³/mol. The first-order valence-electron chi connectivity index (χ1n) is 6.36. The highest BCUT2D eigenvalue weighted by Crippen LogP contribution is 2.10. The maximum Gasteiger partial charge on any atom is 0.0109 e. The van der Waals surface area contributed by atoms with Gasteiger partial charge >= 0.3 is 0 Å². The Morgan fingerprint density at radius 1 is 1.40 bits per heavy atom. The van der Waals surface area contributed by atoms with Crippen molar-refractivity contribution in [3.63, 3.8) is 0 Å². The normalized spacial score (nSPS) is 21.8. The van der Waals surface area contributed by atoms with Crippen molar-refractivity contribution >= 4 is 0 Å². The van der Waals surface area contributed by atoms with Crippen LogP contribution in [0.3, 0.4) is 0 Å². The van der Waals surface area contributed by atoms with Gasteiger partial charge in [-0.25, -0.2) is 0 Å². The van der Waals surface area contributed by atoms with Crippen LogP contribution in [-0.4, -0.2) is 50.2 Å². The fourth-order valence-corrected chi connectivity index (χ4v) is 2.21. The molecule has 0 aromatic heterocycles. The van der Waals surface area contributed by atoms with Gasteiger partial charge in [-0.15, -0.1) is 0 Å². The van der Waals surface area contributed by atoms with E-state index >= 15 is 0 Å². The fraction of sp³-hybridized carbons (Fsp3) is 1.00. The molecule has 0 aromatic rings. The van der Waals surface area contributed by atoms with Crippen LogP contribution >= 0.6 is 0 Å². The molecule has 0 bridgehead atoms. The van der Waals surface area contributed by atoms with Crippen LogP contribution in [0.5, 0.6) is 0 Å². The van der Waals surface area contributed by atoms with E-state index in [1.807, 2.05) is 7.05 Å². The van der Waals surface area contributed by atoms with Crippen molar-refractivity contribution in [3.05, 3.63) is 0 Å². The zero-order valence-corrected chi connectivity index (χ0v) is 10.6. The van der Waals surface area contributed by atoms with Gasteiger partial charge in [0, 0.05) is 25.2 Å². The van der Waals surface area contributed by atoms with E-state index in [0.717, 1.165) is 12.6 Å². The van der Waals surface area contributed by atoms with Crippen molar-refractivity contribution in [2.75, 3.05) is 33.2 Å². The quantitative estimate of drug-likeness (QED) is 0.662. The molecule has 0 spiro atoms. The Labute approximate surface area is 94.6 Å². The fourth-order valence-electron chi connectivity index (χ4n) is 2.21. The summed E-state index contributed by atoms with van der Waals surface area (Å²) in [6.07, 6.45) is 4.04. The Kier molecular flexibility index (Phi) is 6.22. The first-order valence-corrected chi connectivity index (χ1v) is 6.36. The standard InChI is InChI=1S/C12H27N3/c1-11(2)15(10-8-13-3)9-6-12-5-4-7-14-12/h11-14H,4-10H2,1-3H3. The van der Waals surface area contributed by atoms with E-state index in [9.17, 15) is 0 Å². The average molecular weight is 213 g/mol. The first kappa shape index (κ1) is 12.9. The van der Waals surface area contributed by atoms with Crippen molar-refractivity contribution in [3.8, 4) is 0 Å². The van der Waals surface area contributed by atoms with Crippen LogP contribution in [0.4, 0.5) is 0 Å². The molecule has 0 aliphatic carbocycles. The minimum absolute atomic E-state index is 0.666. The average Bonchev–Trinajstić information content (AvgIpc) is 2.70. The molecule has 1 fully saturated rings. The summed E-state index contributed by atoms with van der Waals surface area (Å²) >= 11 is 0. The van der Waals surface area contributed by atoms with Gasteiger partial charge in [0.2, 0.25) is 0 Å². The van der Waals surface area contributed by atoms with Crippen LogP contribution in [0.1, 0.15) is 33.1 Å². The molecule has 1 saturated heterocycles. The van der Waals surface area contributed by atoms with Crippen LogP contribution in [0.15, 0.2) is 0 Å². The third-order valence-electron chi connectivity index (χ3n) is 3.31. The maximum atomic E-state index is 3.56. The van der Waals surface area contributed by atoms with E-state index in [2.05, 4.69) is 29.4 Å². The van der Waals surface area contributed by atoms with Crippen molar-refractivity contribution in [2.45, 2.75) is 45.2 Å². The lowest BCUT2D eigenvalue weighted by Gasteiger charge is -2.27. The molecule has 0 radical (unpaired) electrons. The zero-order valence-electron chi connectivity index (χ0n) is 10.6. The number of hydrogen-bond acceptors (Lipinski definition) is 3. The molecule has 0 saturated carbocycles. The highest BCUT2D eigenvalue weighted by Gasteiger charge is 2.16. The number of rotatable bonds is 7. The molecule has 1 heterocycles. The molecule has 1 atom stereocenters. The van der Waals surface area contributed by atoms with Gasteiger partial charge in [-0.1, -0.05) is 0 Å². The van der Waals surface area contributed by atoms with Crippen LogP contribution in [0.25, 0.3) is 0 Å². The molecule has 3 nitrogen and oxygen atoms in total. The molecular weight excluding hydrogens is 186 g/mol. The molecule has 1 aliphatic rings. The summed E-state index contributed by atoms with van der Waals surface area (Å²) in [6, 6.07) is 1.44. The lowest BCUT2D eigenvalue weighted by Crippen LogP contribution is -2.39. The van der Waals surface area contributed by atoms with Crippen LogP contribution in [0, 0.1) is 0 Å². The first-order chi connectivity index (χ1) is 7.24. The van der Waals surface area contributed by atoms with E-state index in [0.29, 0.717) is 6.04 Å². The predicted octanol–water partition coefficient (Wildman–Crippen LogP) is 1.06. The highest BCUT2D eigenvalue weighted by atomic mass is 15.2. The summed E-state index contributed by atoms with van der Waals surface area (Å²) < 4.78 is 0. The lowest BCUT2D eigenvalue weighted by atomic mass is 10.1. The SMILES string of the molecule is CNCCN(CCC1CCCN1)C(C)C. The minimum Gasteiger partial charge on any atom is -0.318 e. The number of hydrogen-bond donors (Lipinski definition) is 2. The monoisotopic (exact) mass is 213 g/mol. The molecule has 0 aromatic carbocycles. The topological polar surface area (TPSA) is 27.3 Å². The van der Waals surface area contributed by atoms with E-state index in [-0.39, 0.29) is 0 Å². The molecule has 2 N–H and O–H groups in total. The summed E-state index contributed by atoms with van der Waals surface area (Å²) in [5, 5.41) is 6.79. The summed E-state index contributed by atoms with van der Waals surface area (Å²) in [7, 11) is 2.02. The Hall–Kier alpha value is -0.120. The lowest BCUT2D eigenvalue weighted by molar-refractivity contribution is 0.213. The maximum absolute atomic E-state index is 3.56. The molecule has 3 heteroatoms. The highest BCUT2D eigenvalue weighted by molar-refractivity contribution is 4.76. The van der Waals surface area contributed by atoms with Crippen LogP contribution in [0.2, 0.25) is 0 Å². The van der Waals surface area contributed by atoms with Gasteiger partial charge in [0.15, 0.2) is 0 Å². The van der Waals surface area contributed by atoms with E-state index in [4.69, 9.17) is 0 Å². The third kappa shape index (κ3) is 4.96. The zero-order chi connectivity index (χ0) is 11.1. The van der Waals surface area contributed by atoms with Crippen molar-refractivity contribution in [1.82, 2.24) is 15.5 Å². The summed E-state index contributed by atoms with van der Waals surface area (Å²) in [5.74, 6) is 0. The molecular formula is C12H27N3. The Balaban J connectivity index is 2.17. The van der Waals surface area contributed by atoms with Gasteiger partial charge in [0.1, 0.15) is 0 Å². The molecule has 1 rings (SSSR count). The molecule has 90 valence electrons. The second kappa shape index (κ2) is 7.20. The largest absolute Gasteiger partial charge is 0.318 e. The van der Waals surface area contributed by atoms with E-state index < -0.39 is 0 Å². The van der Waals surface area contributed by atoms with Gasteiger partial charge in [-0.2, -0.15) is 0 Å². The van der Waals surface area contributed by atoms with E-state index in [1.54, 1.807) is 0 Å². The molecule has 0 amide bonds. The number of likely N-dealkylation sites (N-methyl/N-ethyl adjacent to an activating group) is 1. The molecule has 15 heavy (non-hydrogen) atoms. The Bertz CT molecular complexity index is 153. The number of nitrogens with zero attached hydrogens (tertiary/aromatic N) is 1. The summed E-state index contributed by atoms with van der Waals surface area (Å²) in [4.78, 5) is 2.57. The summed E-state index contributed by atoms with van der Waals surface area (Å²) in [6.45, 7) is 9.30. The van der Waals surface area contributed by atoms with Crippen LogP contribution < -0.4 is 10.6 Å². The van der Waals surface area contributed by atoms with Gasteiger partial charge in [0.05, 0.1) is 0 Å². The van der Waals surface area contributed by atoms with Crippen molar-refractivity contribution in [1.29, 1.82) is 0 Å². The molecule has 1 aliphatic heterocycles. The molecule has 1 unspecified atom stereocenters. The van der Waals surface area contributed by atoms with Crippen molar-refractivity contribution in [2.24, 2.45) is 0 Å². The third-order valence-corrected chi connectivity index (χ3v) is 3.31. The number of nitrogens with one attached hydrogen (secondary N) is 2. The summed E-state index contributed by atoms with van der Waals surface area (Å²) in [5.41, 5.74) is 0. The second-order valence-electron chi connectivity index (χ2n) is 4.82. The van der Waals surface area contributed by atoms with Gasteiger partial charge in [0.25, 0.3) is 0 Å². The van der Waals surface area contributed by atoms with Gasteiger partial charge in [-0.05, 0) is 53.2 Å². The minimum atomic E-state index is 0.666.